The molecule has 2 aromatic rings. The molecule has 2 fully saturated rings. The topological polar surface area (TPSA) is 119 Å². The molecular weight excluding hydrogens is 464 g/mol. The number of hydrogen-bond donors (Lipinski definition) is 1. The highest BCUT2D eigenvalue weighted by Crippen LogP contribution is 2.55. The minimum absolute atomic E-state index is 0.118. The highest BCUT2D eigenvalue weighted by Gasteiger charge is 2.60. The maximum absolute atomic E-state index is 13.1. The van der Waals surface area contributed by atoms with E-state index in [4.69, 9.17) is 4.74 Å². The molecule has 1 saturated carbocycles. The van der Waals surface area contributed by atoms with Gasteiger partial charge in [-0.1, -0.05) is 11.6 Å². The number of methoxy groups -OCH3 is 1. The van der Waals surface area contributed by atoms with Crippen molar-refractivity contribution in [1.82, 2.24) is 0 Å². The van der Waals surface area contributed by atoms with Crippen LogP contribution >= 0.6 is 0 Å². The number of carbonyl (C=O) groups excluding carboxylic acids is 5. The van der Waals surface area contributed by atoms with Crippen molar-refractivity contribution in [3.05, 3.63) is 71.3 Å². The summed E-state index contributed by atoms with van der Waals surface area (Å²) in [6.45, 7) is 1.50. The molecule has 4 atom stereocenters. The molecule has 2 aromatic carbocycles. The summed E-state index contributed by atoms with van der Waals surface area (Å²) in [7, 11) is 1.28. The summed E-state index contributed by atoms with van der Waals surface area (Å²) >= 11 is 0. The lowest BCUT2D eigenvalue weighted by Gasteiger charge is -2.19. The van der Waals surface area contributed by atoms with Crippen molar-refractivity contribution < 1.29 is 33.4 Å². The van der Waals surface area contributed by atoms with Crippen molar-refractivity contribution in [2.75, 3.05) is 23.9 Å². The van der Waals surface area contributed by atoms with Crippen LogP contribution in [0.15, 0.2) is 60.2 Å². The van der Waals surface area contributed by atoms with Crippen LogP contribution in [0.5, 0.6) is 0 Å². The van der Waals surface area contributed by atoms with Gasteiger partial charge >= 0.3 is 11.9 Å². The monoisotopic (exact) mass is 488 g/mol. The number of nitrogens with zero attached hydrogens (tertiary/aromatic N) is 1. The molecule has 0 unspecified atom stereocenters. The molecule has 1 heterocycles. The number of hydrogen-bond acceptors (Lipinski definition) is 7. The summed E-state index contributed by atoms with van der Waals surface area (Å²) in [5.74, 6) is -2.48. The molecule has 5 rings (SSSR count). The van der Waals surface area contributed by atoms with Gasteiger partial charge in [-0.15, -0.1) is 0 Å². The van der Waals surface area contributed by atoms with Crippen LogP contribution in [0.1, 0.15) is 34.1 Å². The number of esters is 2. The van der Waals surface area contributed by atoms with Crippen LogP contribution < -0.4 is 10.2 Å². The zero-order chi connectivity index (χ0) is 25.6. The van der Waals surface area contributed by atoms with Gasteiger partial charge in [-0.05, 0) is 73.7 Å². The molecule has 9 nitrogen and oxygen atoms in total. The summed E-state index contributed by atoms with van der Waals surface area (Å²) in [6.07, 6.45) is 2.98. The molecule has 36 heavy (non-hydrogen) atoms. The van der Waals surface area contributed by atoms with Crippen LogP contribution in [0.4, 0.5) is 11.4 Å². The number of ether oxygens (including phenoxy) is 2. The van der Waals surface area contributed by atoms with E-state index in [0.717, 1.165) is 6.42 Å². The minimum atomic E-state index is -0.716. The first-order chi connectivity index (χ1) is 17.3. The van der Waals surface area contributed by atoms with E-state index in [-0.39, 0.29) is 41.0 Å². The number of fused-ring (bicyclic) bond motifs is 5. The predicted molar refractivity (Wildman–Crippen MR) is 128 cm³/mol. The Balaban J connectivity index is 1.17. The summed E-state index contributed by atoms with van der Waals surface area (Å²) in [6, 6.07) is 12.1. The second-order valence-corrected chi connectivity index (χ2v) is 9.22. The third-order valence-electron chi connectivity index (χ3n) is 7.17. The molecule has 2 bridgehead atoms. The van der Waals surface area contributed by atoms with E-state index in [2.05, 4.69) is 16.1 Å². The molecule has 3 amide bonds. The van der Waals surface area contributed by atoms with Crippen molar-refractivity contribution in [2.45, 2.75) is 13.3 Å². The third-order valence-corrected chi connectivity index (χ3v) is 7.17. The Bertz CT molecular complexity index is 1300. The first kappa shape index (κ1) is 23.5. The molecule has 184 valence electrons. The molecule has 0 radical (unpaired) electrons. The average Bonchev–Trinajstić information content (AvgIpc) is 3.52. The number of nitrogens with one attached hydrogen (secondary N) is 1. The SMILES string of the molecule is COC(=O)c1ccc(NC(=O)COC(=O)c2ccc(N3C(=O)[C@H]4[C@H](C3=O)[C@H]3C=C(C)[C@H]4C3)cc2)cc1. The Labute approximate surface area is 207 Å². The van der Waals surface area contributed by atoms with Crippen LogP contribution in [0.3, 0.4) is 0 Å². The summed E-state index contributed by atoms with van der Waals surface area (Å²) in [5, 5.41) is 2.57. The van der Waals surface area contributed by atoms with E-state index in [0.29, 0.717) is 16.9 Å². The Hall–Kier alpha value is -4.27. The van der Waals surface area contributed by atoms with Crippen LogP contribution in [0, 0.1) is 23.7 Å². The zero-order valence-corrected chi connectivity index (χ0v) is 19.7. The van der Waals surface area contributed by atoms with Crippen molar-refractivity contribution in [3.8, 4) is 0 Å². The number of amides is 3. The van der Waals surface area contributed by atoms with E-state index in [1.54, 1.807) is 12.1 Å². The highest BCUT2D eigenvalue weighted by molar-refractivity contribution is 6.23. The largest absolute Gasteiger partial charge is 0.465 e. The number of anilines is 2. The zero-order valence-electron chi connectivity index (χ0n) is 19.7. The van der Waals surface area contributed by atoms with Gasteiger partial charge in [0.05, 0.1) is 35.8 Å². The number of carbonyl (C=O) groups is 5. The van der Waals surface area contributed by atoms with Gasteiger partial charge in [-0.25, -0.2) is 9.59 Å². The number of rotatable bonds is 6. The molecule has 2 aliphatic carbocycles. The van der Waals surface area contributed by atoms with Crippen LogP contribution in [0.2, 0.25) is 0 Å². The van der Waals surface area contributed by atoms with Crippen molar-refractivity contribution in [2.24, 2.45) is 23.7 Å². The molecular formula is C27H24N2O7. The fourth-order valence-electron chi connectivity index (χ4n) is 5.49. The number of imide groups is 1. The summed E-state index contributed by atoms with van der Waals surface area (Å²) in [4.78, 5) is 63.3. The van der Waals surface area contributed by atoms with Gasteiger partial charge in [-0.3, -0.25) is 19.3 Å². The molecule has 0 spiro atoms. The van der Waals surface area contributed by atoms with Gasteiger partial charge in [0.2, 0.25) is 11.8 Å². The molecule has 1 N–H and O–H groups in total. The molecule has 0 aromatic heterocycles. The first-order valence-electron chi connectivity index (χ1n) is 11.6. The lowest BCUT2D eigenvalue weighted by molar-refractivity contribution is -0.123. The quantitative estimate of drug-likeness (QED) is 0.377. The van der Waals surface area contributed by atoms with Gasteiger partial charge in [-0.2, -0.15) is 0 Å². The molecule has 3 aliphatic rings. The Morgan fingerprint density at radius 3 is 2.19 bits per heavy atom. The Morgan fingerprint density at radius 2 is 1.53 bits per heavy atom. The van der Waals surface area contributed by atoms with E-state index >= 15 is 0 Å². The van der Waals surface area contributed by atoms with Crippen LogP contribution in [-0.2, 0) is 23.9 Å². The van der Waals surface area contributed by atoms with Gasteiger partial charge in [0.1, 0.15) is 0 Å². The van der Waals surface area contributed by atoms with Gasteiger partial charge in [0.25, 0.3) is 5.91 Å². The fraction of sp³-hybridized carbons (Fsp3) is 0.296. The number of allylic oxidation sites excluding steroid dienone is 2. The third kappa shape index (κ3) is 3.96. The molecule has 1 saturated heterocycles. The van der Waals surface area contributed by atoms with E-state index in [1.165, 1.54) is 54.0 Å². The van der Waals surface area contributed by atoms with Crippen molar-refractivity contribution in [1.29, 1.82) is 0 Å². The summed E-state index contributed by atoms with van der Waals surface area (Å²) in [5.41, 5.74) is 2.55. The first-order valence-corrected chi connectivity index (χ1v) is 11.6. The smallest absolute Gasteiger partial charge is 0.338 e. The predicted octanol–water partition coefficient (Wildman–Crippen LogP) is 2.97. The molecule has 9 heteroatoms. The maximum Gasteiger partial charge on any atom is 0.338 e. The second-order valence-electron chi connectivity index (χ2n) is 9.22. The van der Waals surface area contributed by atoms with E-state index < -0.39 is 24.5 Å². The normalized spacial score (nSPS) is 23.8. The van der Waals surface area contributed by atoms with Crippen molar-refractivity contribution in [3.63, 3.8) is 0 Å². The van der Waals surface area contributed by atoms with Gasteiger partial charge in [0.15, 0.2) is 6.61 Å². The fourth-order valence-corrected chi connectivity index (χ4v) is 5.49. The van der Waals surface area contributed by atoms with E-state index in [9.17, 15) is 24.0 Å². The molecule has 1 aliphatic heterocycles. The Morgan fingerprint density at radius 1 is 0.917 bits per heavy atom. The van der Waals surface area contributed by atoms with E-state index in [1.807, 2.05) is 6.92 Å². The van der Waals surface area contributed by atoms with Crippen LogP contribution in [0.25, 0.3) is 0 Å². The summed E-state index contributed by atoms with van der Waals surface area (Å²) < 4.78 is 9.70. The van der Waals surface area contributed by atoms with Crippen LogP contribution in [-0.4, -0.2) is 43.4 Å². The van der Waals surface area contributed by atoms with Gasteiger partial charge < -0.3 is 14.8 Å². The Kier molecular flexibility index (Phi) is 5.91. The average molecular weight is 488 g/mol. The highest BCUT2D eigenvalue weighted by atomic mass is 16.5. The number of benzene rings is 2. The van der Waals surface area contributed by atoms with Gasteiger partial charge in [0, 0.05) is 5.69 Å². The maximum atomic E-state index is 13.1. The second kappa shape index (κ2) is 9.07. The lowest BCUT2D eigenvalue weighted by atomic mass is 9.82. The minimum Gasteiger partial charge on any atom is -0.465 e. The standard InChI is InChI=1S/C27H24N2O7/c1-14-11-17-12-20(14)23-22(17)24(31)29(25(23)32)19-9-5-16(6-10-19)27(34)36-13-21(30)28-18-7-3-15(4-8-18)26(33)35-2/h3-11,17,20,22-23H,12-13H2,1-2H3,(H,28,30)/t17-,20+,22+,23+/m0/s1. The lowest BCUT2D eigenvalue weighted by Crippen LogP contribution is -2.33. The van der Waals surface area contributed by atoms with Crippen molar-refractivity contribution >= 4 is 41.0 Å².